The minimum absolute atomic E-state index is 0.195. The molecule has 0 heterocycles. The fraction of sp³-hybridized carbons (Fsp3) is 0.381. The average molecular weight is 359 g/mol. The zero-order chi connectivity index (χ0) is 18.9. The average Bonchev–Trinajstić information content (AvgIpc) is 2.65. The largest absolute Gasteiger partial charge is 0.496 e. The maximum absolute atomic E-state index is 13.0. The number of hydrogen-bond acceptors (Lipinski definition) is 3. The molecule has 140 valence electrons. The number of hydrogen-bond donors (Lipinski definition) is 1. The zero-order valence-corrected chi connectivity index (χ0v) is 15.5. The first-order chi connectivity index (χ1) is 12.5. The minimum atomic E-state index is -0.296. The van der Waals surface area contributed by atoms with Crippen molar-refractivity contribution in [2.45, 2.75) is 39.3 Å². The Labute approximate surface area is 154 Å². The molecule has 0 spiro atoms. The van der Waals surface area contributed by atoms with E-state index in [1.165, 1.54) is 12.1 Å². The van der Waals surface area contributed by atoms with Crippen LogP contribution in [0.2, 0.25) is 0 Å². The highest BCUT2D eigenvalue weighted by atomic mass is 19.1. The molecule has 1 amide bonds. The Hall–Kier alpha value is -2.40. The van der Waals surface area contributed by atoms with Crippen LogP contribution in [0, 0.1) is 5.82 Å². The predicted molar refractivity (Wildman–Crippen MR) is 99.8 cm³/mol. The standard InChI is InChI=1S/C21H26FNO3/c1-4-5-12-26-14-18-13-17(8-11-20(18)25-3)21(24)23-15(2)16-6-9-19(22)10-7-16/h6-11,13,15H,4-5,12,14H2,1-3H3,(H,23,24). The molecule has 0 aromatic heterocycles. The summed E-state index contributed by atoms with van der Waals surface area (Å²) in [6.45, 7) is 5.05. The first kappa shape index (κ1) is 19.9. The van der Waals surface area contributed by atoms with Crippen molar-refractivity contribution < 1.29 is 18.7 Å². The van der Waals surface area contributed by atoms with Crippen LogP contribution in [-0.4, -0.2) is 19.6 Å². The second kappa shape index (κ2) is 9.92. The molecule has 0 radical (unpaired) electrons. The van der Waals surface area contributed by atoms with Crippen molar-refractivity contribution in [2.24, 2.45) is 0 Å². The molecule has 0 fully saturated rings. The van der Waals surface area contributed by atoms with Crippen molar-refractivity contribution in [1.82, 2.24) is 5.32 Å². The Morgan fingerprint density at radius 1 is 1.19 bits per heavy atom. The molecular formula is C21H26FNO3. The van der Waals surface area contributed by atoms with Gasteiger partial charge in [0.1, 0.15) is 11.6 Å². The van der Waals surface area contributed by atoms with Crippen molar-refractivity contribution in [3.63, 3.8) is 0 Å². The highest BCUT2D eigenvalue weighted by Gasteiger charge is 2.14. The van der Waals surface area contributed by atoms with E-state index in [0.717, 1.165) is 24.0 Å². The number of unbranched alkanes of at least 4 members (excludes halogenated alkanes) is 1. The Morgan fingerprint density at radius 2 is 1.92 bits per heavy atom. The summed E-state index contributed by atoms with van der Waals surface area (Å²) in [4.78, 5) is 12.6. The molecule has 1 unspecified atom stereocenters. The van der Waals surface area contributed by atoms with Gasteiger partial charge in [-0.2, -0.15) is 0 Å². The maximum Gasteiger partial charge on any atom is 0.251 e. The molecule has 0 saturated carbocycles. The van der Waals surface area contributed by atoms with Gasteiger partial charge in [0.15, 0.2) is 0 Å². The monoisotopic (exact) mass is 359 g/mol. The van der Waals surface area contributed by atoms with Crippen molar-refractivity contribution in [3.8, 4) is 5.75 Å². The van der Waals surface area contributed by atoms with Crippen LogP contribution in [0.4, 0.5) is 4.39 Å². The first-order valence-electron chi connectivity index (χ1n) is 8.86. The van der Waals surface area contributed by atoms with E-state index in [0.29, 0.717) is 24.5 Å². The van der Waals surface area contributed by atoms with Gasteiger partial charge in [0.2, 0.25) is 0 Å². The number of rotatable bonds is 9. The third kappa shape index (κ3) is 5.56. The van der Waals surface area contributed by atoms with Crippen LogP contribution < -0.4 is 10.1 Å². The van der Waals surface area contributed by atoms with Crippen LogP contribution in [0.1, 0.15) is 54.2 Å². The Bertz CT molecular complexity index is 716. The van der Waals surface area contributed by atoms with Gasteiger partial charge in [0.25, 0.3) is 5.91 Å². The number of methoxy groups -OCH3 is 1. The molecule has 0 bridgehead atoms. The molecule has 26 heavy (non-hydrogen) atoms. The summed E-state index contributed by atoms with van der Waals surface area (Å²) in [5.74, 6) is 0.207. The summed E-state index contributed by atoms with van der Waals surface area (Å²) in [6.07, 6.45) is 2.07. The number of halogens is 1. The van der Waals surface area contributed by atoms with Gasteiger partial charge in [-0.05, 0) is 49.2 Å². The van der Waals surface area contributed by atoms with Gasteiger partial charge in [0.05, 0.1) is 19.8 Å². The molecular weight excluding hydrogens is 333 g/mol. The SMILES string of the molecule is CCCCOCc1cc(C(=O)NC(C)c2ccc(F)cc2)ccc1OC. The fourth-order valence-electron chi connectivity index (χ4n) is 2.58. The quantitative estimate of drug-likeness (QED) is 0.664. The topological polar surface area (TPSA) is 47.6 Å². The van der Waals surface area contributed by atoms with Gasteiger partial charge in [-0.25, -0.2) is 4.39 Å². The van der Waals surface area contributed by atoms with Gasteiger partial charge in [-0.3, -0.25) is 4.79 Å². The number of nitrogens with one attached hydrogen (secondary N) is 1. The van der Waals surface area contributed by atoms with E-state index < -0.39 is 0 Å². The molecule has 4 nitrogen and oxygen atoms in total. The molecule has 2 aromatic rings. The number of amides is 1. The van der Waals surface area contributed by atoms with Crippen LogP contribution >= 0.6 is 0 Å². The molecule has 0 aliphatic heterocycles. The second-order valence-electron chi connectivity index (χ2n) is 6.18. The summed E-state index contributed by atoms with van der Waals surface area (Å²) >= 11 is 0. The van der Waals surface area contributed by atoms with E-state index in [1.807, 2.05) is 6.92 Å². The summed E-state index contributed by atoms with van der Waals surface area (Å²) in [5.41, 5.74) is 2.22. The van der Waals surface area contributed by atoms with Crippen LogP contribution in [0.3, 0.4) is 0 Å². The van der Waals surface area contributed by atoms with Gasteiger partial charge >= 0.3 is 0 Å². The van der Waals surface area contributed by atoms with E-state index in [-0.39, 0.29) is 17.8 Å². The number of carbonyl (C=O) groups excluding carboxylic acids is 1. The fourth-order valence-corrected chi connectivity index (χ4v) is 2.58. The van der Waals surface area contributed by atoms with Crippen molar-refractivity contribution in [2.75, 3.05) is 13.7 Å². The van der Waals surface area contributed by atoms with Gasteiger partial charge in [-0.1, -0.05) is 25.5 Å². The first-order valence-corrected chi connectivity index (χ1v) is 8.86. The lowest BCUT2D eigenvalue weighted by Gasteiger charge is -2.16. The Kier molecular flexibility index (Phi) is 7.60. The molecule has 0 aliphatic carbocycles. The second-order valence-corrected chi connectivity index (χ2v) is 6.18. The van der Waals surface area contributed by atoms with Crippen LogP contribution in [0.15, 0.2) is 42.5 Å². The van der Waals surface area contributed by atoms with Crippen molar-refractivity contribution >= 4 is 5.91 Å². The molecule has 2 aromatic carbocycles. The van der Waals surface area contributed by atoms with Crippen LogP contribution in [-0.2, 0) is 11.3 Å². The highest BCUT2D eigenvalue weighted by molar-refractivity contribution is 5.94. The summed E-state index contributed by atoms with van der Waals surface area (Å²) < 4.78 is 24.0. The van der Waals surface area contributed by atoms with Gasteiger partial charge in [0, 0.05) is 17.7 Å². The van der Waals surface area contributed by atoms with E-state index in [9.17, 15) is 9.18 Å². The van der Waals surface area contributed by atoms with Crippen molar-refractivity contribution in [3.05, 3.63) is 65.0 Å². The van der Waals surface area contributed by atoms with E-state index in [4.69, 9.17) is 9.47 Å². The van der Waals surface area contributed by atoms with E-state index in [2.05, 4.69) is 12.2 Å². The highest BCUT2D eigenvalue weighted by Crippen LogP contribution is 2.22. The maximum atomic E-state index is 13.0. The minimum Gasteiger partial charge on any atom is -0.496 e. The molecule has 0 aliphatic rings. The normalized spacial score (nSPS) is 11.8. The molecule has 2 rings (SSSR count). The van der Waals surface area contributed by atoms with Gasteiger partial charge in [-0.15, -0.1) is 0 Å². The summed E-state index contributed by atoms with van der Waals surface area (Å²) in [7, 11) is 1.60. The number of carbonyl (C=O) groups is 1. The Balaban J connectivity index is 2.06. The van der Waals surface area contributed by atoms with E-state index >= 15 is 0 Å². The molecule has 0 saturated heterocycles. The van der Waals surface area contributed by atoms with Crippen molar-refractivity contribution in [1.29, 1.82) is 0 Å². The molecule has 1 N–H and O–H groups in total. The lowest BCUT2D eigenvalue weighted by Crippen LogP contribution is -2.26. The van der Waals surface area contributed by atoms with Crippen LogP contribution in [0.25, 0.3) is 0 Å². The third-order valence-electron chi connectivity index (χ3n) is 4.16. The zero-order valence-electron chi connectivity index (χ0n) is 15.5. The number of ether oxygens (including phenoxy) is 2. The molecule has 5 heteroatoms. The van der Waals surface area contributed by atoms with Gasteiger partial charge < -0.3 is 14.8 Å². The predicted octanol–water partition coefficient (Wildman–Crippen LogP) is 4.64. The van der Waals surface area contributed by atoms with Crippen LogP contribution in [0.5, 0.6) is 5.75 Å². The lowest BCUT2D eigenvalue weighted by molar-refractivity contribution is 0.0938. The Morgan fingerprint density at radius 3 is 2.58 bits per heavy atom. The lowest BCUT2D eigenvalue weighted by atomic mass is 10.1. The molecule has 1 atom stereocenters. The smallest absolute Gasteiger partial charge is 0.251 e. The summed E-state index contributed by atoms with van der Waals surface area (Å²) in [5, 5.41) is 2.93. The third-order valence-corrected chi connectivity index (χ3v) is 4.16. The number of benzene rings is 2. The summed E-state index contributed by atoms with van der Waals surface area (Å²) in [6, 6.07) is 11.2. The van der Waals surface area contributed by atoms with E-state index in [1.54, 1.807) is 37.4 Å².